The number of hydrogen-bond donors (Lipinski definition) is 2. The van der Waals surface area contributed by atoms with Gasteiger partial charge in [0.1, 0.15) is 5.82 Å². The van der Waals surface area contributed by atoms with Crippen LogP contribution in [-0.2, 0) is 22.6 Å². The standard InChI is InChI=1S/C21H26N6O2S2/c1-13(2)10-27-18(9-8-17(22)28)25-26-21(27)31-12-19(29)24-20-23-16(11-30-20)15-6-4-14(3)5-7-15/h4-7,11,13H,8-10,12H2,1-3H3,(H2,22,28)(H,23,24,29). The first-order chi connectivity index (χ1) is 14.8. The zero-order valence-electron chi connectivity index (χ0n) is 17.8. The number of carbonyl (C=O) groups is 2. The van der Waals surface area contributed by atoms with Crippen LogP contribution in [-0.4, -0.2) is 37.3 Å². The van der Waals surface area contributed by atoms with Crippen molar-refractivity contribution >= 4 is 40.0 Å². The molecule has 8 nitrogen and oxygen atoms in total. The molecule has 2 heterocycles. The van der Waals surface area contributed by atoms with Crippen LogP contribution in [0.5, 0.6) is 0 Å². The van der Waals surface area contributed by atoms with Gasteiger partial charge in [-0.2, -0.15) is 0 Å². The Labute approximate surface area is 189 Å². The minimum Gasteiger partial charge on any atom is -0.370 e. The molecule has 0 aliphatic heterocycles. The molecule has 0 aliphatic rings. The lowest BCUT2D eigenvalue weighted by atomic mass is 10.1. The predicted octanol–water partition coefficient (Wildman–Crippen LogP) is 3.51. The van der Waals surface area contributed by atoms with Gasteiger partial charge in [0.2, 0.25) is 11.8 Å². The molecule has 0 unspecified atom stereocenters. The third-order valence-corrected chi connectivity index (χ3v) is 6.09. The third-order valence-electron chi connectivity index (χ3n) is 4.37. The van der Waals surface area contributed by atoms with Crippen molar-refractivity contribution < 1.29 is 9.59 Å². The van der Waals surface area contributed by atoms with Gasteiger partial charge >= 0.3 is 0 Å². The van der Waals surface area contributed by atoms with Crippen LogP contribution in [0.3, 0.4) is 0 Å². The number of aromatic nitrogens is 4. The maximum absolute atomic E-state index is 12.4. The summed E-state index contributed by atoms with van der Waals surface area (Å²) in [6.45, 7) is 6.93. The van der Waals surface area contributed by atoms with E-state index < -0.39 is 0 Å². The molecular weight excluding hydrogens is 432 g/mol. The minimum absolute atomic E-state index is 0.160. The number of thioether (sulfide) groups is 1. The summed E-state index contributed by atoms with van der Waals surface area (Å²) in [5.74, 6) is 0.727. The molecule has 0 saturated carbocycles. The highest BCUT2D eigenvalue weighted by Crippen LogP contribution is 2.26. The summed E-state index contributed by atoms with van der Waals surface area (Å²) in [7, 11) is 0. The average Bonchev–Trinajstić information content (AvgIpc) is 3.32. The number of nitrogens with one attached hydrogen (secondary N) is 1. The van der Waals surface area contributed by atoms with E-state index in [1.165, 1.54) is 28.7 Å². The van der Waals surface area contributed by atoms with Gasteiger partial charge in [0.05, 0.1) is 11.4 Å². The first-order valence-corrected chi connectivity index (χ1v) is 11.8. The molecular formula is C21H26N6O2S2. The second kappa shape index (κ2) is 10.5. The van der Waals surface area contributed by atoms with Crippen molar-refractivity contribution in [2.45, 2.75) is 45.3 Å². The Morgan fingerprint density at radius 1 is 1.23 bits per heavy atom. The Bertz CT molecular complexity index is 1040. The van der Waals surface area contributed by atoms with E-state index in [0.717, 1.165) is 11.3 Å². The number of primary amides is 1. The van der Waals surface area contributed by atoms with Crippen LogP contribution in [0.25, 0.3) is 11.3 Å². The Kier molecular flexibility index (Phi) is 7.80. The van der Waals surface area contributed by atoms with Crippen LogP contribution in [0.15, 0.2) is 34.8 Å². The van der Waals surface area contributed by atoms with Gasteiger partial charge in [-0.25, -0.2) is 4.98 Å². The molecule has 3 rings (SSSR count). The summed E-state index contributed by atoms with van der Waals surface area (Å²) >= 11 is 2.71. The number of thiazole rings is 1. The van der Waals surface area contributed by atoms with Crippen molar-refractivity contribution in [2.75, 3.05) is 11.1 Å². The van der Waals surface area contributed by atoms with Gasteiger partial charge in [-0.05, 0) is 12.8 Å². The predicted molar refractivity (Wildman–Crippen MR) is 124 cm³/mol. The van der Waals surface area contributed by atoms with Crippen LogP contribution in [0.2, 0.25) is 0 Å². The summed E-state index contributed by atoms with van der Waals surface area (Å²) < 4.78 is 1.96. The minimum atomic E-state index is -0.374. The number of aryl methyl sites for hydroxylation is 2. The first-order valence-electron chi connectivity index (χ1n) is 9.97. The number of rotatable bonds is 10. The lowest BCUT2D eigenvalue weighted by Crippen LogP contribution is -2.16. The molecule has 2 aromatic heterocycles. The maximum Gasteiger partial charge on any atom is 0.236 e. The van der Waals surface area contributed by atoms with Crippen molar-refractivity contribution in [2.24, 2.45) is 11.7 Å². The molecule has 0 spiro atoms. The quantitative estimate of drug-likeness (QED) is 0.449. The van der Waals surface area contributed by atoms with Gasteiger partial charge in [0.25, 0.3) is 0 Å². The van der Waals surface area contributed by atoms with Crippen molar-refractivity contribution in [3.8, 4) is 11.3 Å². The molecule has 0 radical (unpaired) electrons. The summed E-state index contributed by atoms with van der Waals surface area (Å²) in [5.41, 5.74) is 8.30. The smallest absolute Gasteiger partial charge is 0.236 e. The molecule has 3 N–H and O–H groups in total. The number of anilines is 1. The van der Waals surface area contributed by atoms with E-state index in [0.29, 0.717) is 35.0 Å². The SMILES string of the molecule is Cc1ccc(-c2csc(NC(=O)CSc3nnc(CCC(N)=O)n3CC(C)C)n2)cc1. The molecule has 31 heavy (non-hydrogen) atoms. The van der Waals surface area contributed by atoms with Gasteiger partial charge in [-0.1, -0.05) is 55.4 Å². The topological polar surface area (TPSA) is 116 Å². The van der Waals surface area contributed by atoms with E-state index in [-0.39, 0.29) is 24.0 Å². The zero-order valence-corrected chi connectivity index (χ0v) is 19.4. The Hall–Kier alpha value is -2.72. The molecule has 0 aliphatic carbocycles. The van der Waals surface area contributed by atoms with Gasteiger partial charge in [-0.15, -0.1) is 21.5 Å². The molecule has 0 bridgehead atoms. The lowest BCUT2D eigenvalue weighted by molar-refractivity contribution is -0.118. The van der Waals surface area contributed by atoms with E-state index in [9.17, 15) is 9.59 Å². The number of benzene rings is 1. The second-order valence-electron chi connectivity index (χ2n) is 7.61. The fourth-order valence-corrected chi connectivity index (χ4v) is 4.37. The van der Waals surface area contributed by atoms with Gasteiger partial charge < -0.3 is 15.6 Å². The van der Waals surface area contributed by atoms with Crippen LogP contribution in [0.4, 0.5) is 5.13 Å². The molecule has 0 atom stereocenters. The fourth-order valence-electron chi connectivity index (χ4n) is 2.87. The van der Waals surface area contributed by atoms with Crippen molar-refractivity contribution in [1.29, 1.82) is 0 Å². The zero-order chi connectivity index (χ0) is 22.4. The molecule has 3 aromatic rings. The summed E-state index contributed by atoms with van der Waals surface area (Å²) in [4.78, 5) is 28.1. The largest absolute Gasteiger partial charge is 0.370 e. The molecule has 1 aromatic carbocycles. The summed E-state index contributed by atoms with van der Waals surface area (Å²) in [6.07, 6.45) is 0.650. The van der Waals surface area contributed by atoms with Crippen molar-refractivity contribution in [3.05, 3.63) is 41.0 Å². The molecule has 164 valence electrons. The number of nitrogens with zero attached hydrogens (tertiary/aromatic N) is 4. The van der Waals surface area contributed by atoms with E-state index in [1.807, 2.05) is 41.1 Å². The van der Waals surface area contributed by atoms with Crippen LogP contribution in [0, 0.1) is 12.8 Å². The second-order valence-corrected chi connectivity index (χ2v) is 9.41. The number of carbonyl (C=O) groups excluding carboxylic acids is 2. The van der Waals surface area contributed by atoms with Gasteiger partial charge in [0, 0.05) is 30.3 Å². The number of amides is 2. The van der Waals surface area contributed by atoms with Crippen molar-refractivity contribution in [1.82, 2.24) is 19.7 Å². The normalized spacial score (nSPS) is 11.1. The third kappa shape index (κ3) is 6.63. The monoisotopic (exact) mass is 458 g/mol. The average molecular weight is 459 g/mol. The Morgan fingerprint density at radius 3 is 2.65 bits per heavy atom. The molecule has 0 fully saturated rings. The summed E-state index contributed by atoms with van der Waals surface area (Å²) in [6, 6.07) is 8.11. The Balaban J connectivity index is 1.60. The molecule has 10 heteroatoms. The Morgan fingerprint density at radius 2 is 1.97 bits per heavy atom. The van der Waals surface area contributed by atoms with E-state index in [1.54, 1.807) is 0 Å². The highest BCUT2D eigenvalue weighted by molar-refractivity contribution is 7.99. The lowest BCUT2D eigenvalue weighted by Gasteiger charge is -2.12. The first kappa shape index (κ1) is 23.0. The summed E-state index contributed by atoms with van der Waals surface area (Å²) in [5, 5.41) is 14.4. The van der Waals surface area contributed by atoms with E-state index >= 15 is 0 Å². The number of hydrogen-bond acceptors (Lipinski definition) is 7. The van der Waals surface area contributed by atoms with Gasteiger partial charge in [0.15, 0.2) is 10.3 Å². The number of nitrogens with two attached hydrogens (primary N) is 1. The molecule has 2 amide bonds. The van der Waals surface area contributed by atoms with E-state index in [4.69, 9.17) is 5.73 Å². The molecule has 0 saturated heterocycles. The van der Waals surface area contributed by atoms with Crippen LogP contribution < -0.4 is 11.1 Å². The van der Waals surface area contributed by atoms with Gasteiger partial charge in [-0.3, -0.25) is 9.59 Å². The highest BCUT2D eigenvalue weighted by atomic mass is 32.2. The van der Waals surface area contributed by atoms with E-state index in [2.05, 4.69) is 34.3 Å². The fraction of sp³-hybridized carbons (Fsp3) is 0.381. The highest BCUT2D eigenvalue weighted by Gasteiger charge is 2.16. The maximum atomic E-state index is 12.4. The van der Waals surface area contributed by atoms with Crippen LogP contribution in [0.1, 0.15) is 31.7 Å². The van der Waals surface area contributed by atoms with Crippen molar-refractivity contribution in [3.63, 3.8) is 0 Å². The van der Waals surface area contributed by atoms with Crippen LogP contribution >= 0.6 is 23.1 Å².